The fourth-order valence-corrected chi connectivity index (χ4v) is 2.33. The number of aromatic nitrogens is 1. The molecule has 1 aromatic carbocycles. The summed E-state index contributed by atoms with van der Waals surface area (Å²) in [6.07, 6.45) is 0.894. The number of para-hydroxylation sites is 1. The van der Waals surface area contributed by atoms with Crippen LogP contribution in [0.25, 0.3) is 10.9 Å². The Balaban J connectivity index is 2.56. The van der Waals surface area contributed by atoms with Gasteiger partial charge in [0, 0.05) is 19.5 Å². The van der Waals surface area contributed by atoms with Crippen molar-refractivity contribution < 1.29 is 4.74 Å². The summed E-state index contributed by atoms with van der Waals surface area (Å²) in [7, 11) is 3.66. The molecule has 1 heterocycles. The highest BCUT2D eigenvalue weighted by atomic mass is 16.5. The minimum absolute atomic E-state index is 0.460. The molecule has 3 nitrogen and oxygen atoms in total. The predicted octanol–water partition coefficient (Wildman–Crippen LogP) is 3.59. The van der Waals surface area contributed by atoms with Gasteiger partial charge in [0.2, 0.25) is 0 Å². The normalized spacial score (nSPS) is 11.2. The molecule has 0 atom stereocenters. The Bertz CT molecular complexity index is 564. The van der Waals surface area contributed by atoms with Crippen molar-refractivity contribution in [2.45, 2.75) is 26.2 Å². The Morgan fingerprint density at radius 1 is 1.32 bits per heavy atom. The van der Waals surface area contributed by atoms with Crippen LogP contribution >= 0.6 is 0 Å². The highest BCUT2D eigenvalue weighted by molar-refractivity contribution is 5.84. The maximum Gasteiger partial charge on any atom is 0.129 e. The van der Waals surface area contributed by atoms with Gasteiger partial charge in [-0.3, -0.25) is 0 Å². The third-order valence-electron chi connectivity index (χ3n) is 3.39. The average Bonchev–Trinajstić information content (AvgIpc) is 2.43. The second-order valence-corrected chi connectivity index (χ2v) is 5.06. The summed E-state index contributed by atoms with van der Waals surface area (Å²) >= 11 is 0. The molecule has 0 aliphatic carbocycles. The van der Waals surface area contributed by atoms with Crippen molar-refractivity contribution in [1.29, 1.82) is 0 Å². The topological polar surface area (TPSA) is 34.2 Å². The van der Waals surface area contributed by atoms with Gasteiger partial charge in [0.05, 0.1) is 12.1 Å². The molecule has 1 aromatic heterocycles. The monoisotopic (exact) mass is 258 g/mol. The van der Waals surface area contributed by atoms with E-state index in [1.165, 1.54) is 16.5 Å². The second-order valence-electron chi connectivity index (χ2n) is 5.06. The van der Waals surface area contributed by atoms with E-state index in [-0.39, 0.29) is 0 Å². The smallest absolute Gasteiger partial charge is 0.129 e. The van der Waals surface area contributed by atoms with Crippen LogP contribution in [0.4, 0.5) is 5.82 Å². The molecule has 0 unspecified atom stereocenters. The van der Waals surface area contributed by atoms with E-state index >= 15 is 0 Å². The van der Waals surface area contributed by atoms with E-state index < -0.39 is 0 Å². The molecule has 2 aromatic rings. The molecule has 1 N–H and O–H groups in total. The van der Waals surface area contributed by atoms with Crippen LogP contribution in [0.1, 0.15) is 30.9 Å². The summed E-state index contributed by atoms with van der Waals surface area (Å²) in [5, 5.41) is 4.41. The molecular formula is C16H22N2O. The number of benzene rings is 1. The highest BCUT2D eigenvalue weighted by Gasteiger charge is 2.11. The van der Waals surface area contributed by atoms with E-state index in [0.29, 0.717) is 5.92 Å². The number of rotatable bonds is 5. The molecule has 0 saturated carbocycles. The van der Waals surface area contributed by atoms with Gasteiger partial charge in [-0.1, -0.05) is 32.0 Å². The minimum atomic E-state index is 0.460. The Morgan fingerprint density at radius 2 is 2.11 bits per heavy atom. The zero-order valence-electron chi connectivity index (χ0n) is 12.2. The molecule has 0 radical (unpaired) electrons. The number of ether oxygens (including phenoxy) is 1. The predicted molar refractivity (Wildman–Crippen MR) is 81.0 cm³/mol. The van der Waals surface area contributed by atoms with Gasteiger partial charge in [0.25, 0.3) is 0 Å². The van der Waals surface area contributed by atoms with Gasteiger partial charge in [0.1, 0.15) is 5.82 Å². The molecular weight excluding hydrogens is 236 g/mol. The van der Waals surface area contributed by atoms with Crippen LogP contribution in [-0.2, 0) is 11.2 Å². The van der Waals surface area contributed by atoms with E-state index in [4.69, 9.17) is 9.72 Å². The number of hydrogen-bond donors (Lipinski definition) is 1. The first kappa shape index (κ1) is 13.8. The molecule has 0 bridgehead atoms. The zero-order chi connectivity index (χ0) is 13.8. The minimum Gasteiger partial charge on any atom is -0.384 e. The van der Waals surface area contributed by atoms with E-state index in [0.717, 1.165) is 24.4 Å². The van der Waals surface area contributed by atoms with Gasteiger partial charge in [-0.25, -0.2) is 4.98 Å². The van der Waals surface area contributed by atoms with Gasteiger partial charge in [-0.05, 0) is 29.5 Å². The quantitative estimate of drug-likeness (QED) is 0.890. The van der Waals surface area contributed by atoms with Crippen molar-refractivity contribution in [3.63, 3.8) is 0 Å². The maximum absolute atomic E-state index is 5.17. The van der Waals surface area contributed by atoms with E-state index in [1.54, 1.807) is 7.11 Å². The lowest BCUT2D eigenvalue weighted by Crippen LogP contribution is -2.03. The number of fused-ring (bicyclic) bond motifs is 1. The Labute approximate surface area is 115 Å². The molecule has 0 spiro atoms. The first-order valence-electron chi connectivity index (χ1n) is 6.76. The number of hydrogen-bond acceptors (Lipinski definition) is 3. The van der Waals surface area contributed by atoms with Crippen molar-refractivity contribution in [1.82, 2.24) is 4.98 Å². The van der Waals surface area contributed by atoms with Crippen LogP contribution in [0.5, 0.6) is 0 Å². The standard InChI is InChI=1S/C16H22N2O/c1-11(2)14-10-13-7-5-6-12(8-9-19-4)15(13)18-16(14)17-3/h5-7,10-11H,8-9H2,1-4H3,(H,17,18). The van der Waals surface area contributed by atoms with Gasteiger partial charge < -0.3 is 10.1 Å². The summed E-state index contributed by atoms with van der Waals surface area (Å²) in [6.45, 7) is 5.11. The largest absolute Gasteiger partial charge is 0.384 e. The molecule has 0 fully saturated rings. The average molecular weight is 258 g/mol. The Hall–Kier alpha value is -1.61. The molecule has 0 amide bonds. The van der Waals surface area contributed by atoms with Crippen molar-refractivity contribution >= 4 is 16.7 Å². The van der Waals surface area contributed by atoms with Gasteiger partial charge >= 0.3 is 0 Å². The number of pyridine rings is 1. The van der Waals surface area contributed by atoms with Crippen molar-refractivity contribution in [2.75, 3.05) is 26.1 Å². The number of anilines is 1. The molecule has 2 rings (SSSR count). The molecule has 0 aliphatic heterocycles. The lowest BCUT2D eigenvalue weighted by atomic mass is 9.99. The maximum atomic E-state index is 5.17. The van der Waals surface area contributed by atoms with Crippen LogP contribution in [0.15, 0.2) is 24.3 Å². The van der Waals surface area contributed by atoms with Crippen molar-refractivity contribution in [3.05, 3.63) is 35.4 Å². The summed E-state index contributed by atoms with van der Waals surface area (Å²) in [6, 6.07) is 8.60. The SMILES string of the molecule is CNc1nc2c(CCOC)cccc2cc1C(C)C. The molecule has 0 aliphatic rings. The second kappa shape index (κ2) is 6.02. The Morgan fingerprint density at radius 3 is 2.74 bits per heavy atom. The van der Waals surface area contributed by atoms with Gasteiger partial charge in [0.15, 0.2) is 0 Å². The van der Waals surface area contributed by atoms with E-state index in [1.807, 2.05) is 7.05 Å². The van der Waals surface area contributed by atoms with Crippen LogP contribution < -0.4 is 5.32 Å². The van der Waals surface area contributed by atoms with Crippen LogP contribution in [0.3, 0.4) is 0 Å². The molecule has 0 saturated heterocycles. The summed E-state index contributed by atoms with van der Waals surface area (Å²) in [5.41, 5.74) is 3.58. The lowest BCUT2D eigenvalue weighted by Gasteiger charge is -2.14. The van der Waals surface area contributed by atoms with Crippen LogP contribution in [0.2, 0.25) is 0 Å². The van der Waals surface area contributed by atoms with Crippen LogP contribution in [-0.4, -0.2) is 25.7 Å². The fourth-order valence-electron chi connectivity index (χ4n) is 2.33. The van der Waals surface area contributed by atoms with Crippen molar-refractivity contribution in [2.24, 2.45) is 0 Å². The van der Waals surface area contributed by atoms with E-state index in [2.05, 4.69) is 43.4 Å². The van der Waals surface area contributed by atoms with Gasteiger partial charge in [-0.15, -0.1) is 0 Å². The zero-order valence-corrected chi connectivity index (χ0v) is 12.2. The molecule has 102 valence electrons. The lowest BCUT2D eigenvalue weighted by molar-refractivity contribution is 0.202. The third-order valence-corrected chi connectivity index (χ3v) is 3.39. The summed E-state index contributed by atoms with van der Waals surface area (Å²) < 4.78 is 5.17. The van der Waals surface area contributed by atoms with Crippen molar-refractivity contribution in [3.8, 4) is 0 Å². The van der Waals surface area contributed by atoms with E-state index in [9.17, 15) is 0 Å². The summed E-state index contributed by atoms with van der Waals surface area (Å²) in [5.74, 6) is 1.44. The first-order chi connectivity index (χ1) is 9.17. The number of nitrogens with one attached hydrogen (secondary N) is 1. The third kappa shape index (κ3) is 2.87. The van der Waals surface area contributed by atoms with Gasteiger partial charge in [-0.2, -0.15) is 0 Å². The Kier molecular flexibility index (Phi) is 4.38. The van der Waals surface area contributed by atoms with Crippen LogP contribution in [0, 0.1) is 0 Å². The first-order valence-corrected chi connectivity index (χ1v) is 6.76. The number of nitrogens with zero attached hydrogens (tertiary/aromatic N) is 1. The number of methoxy groups -OCH3 is 1. The highest BCUT2D eigenvalue weighted by Crippen LogP contribution is 2.28. The molecule has 19 heavy (non-hydrogen) atoms. The molecule has 3 heteroatoms. The summed E-state index contributed by atoms with van der Waals surface area (Å²) in [4.78, 5) is 4.80. The fraction of sp³-hybridized carbons (Fsp3) is 0.438.